The molecular formula is C17H24BClO4. The van der Waals surface area contributed by atoms with Crippen molar-refractivity contribution < 1.29 is 18.8 Å². The maximum Gasteiger partial charge on any atom is 0.493 e. The summed E-state index contributed by atoms with van der Waals surface area (Å²) in [6.07, 6.45) is 1.59. The summed E-state index contributed by atoms with van der Waals surface area (Å²) < 4.78 is 23.7. The van der Waals surface area contributed by atoms with E-state index in [9.17, 15) is 0 Å². The highest BCUT2D eigenvalue weighted by atomic mass is 35.5. The molecule has 126 valence electrons. The lowest BCUT2D eigenvalue weighted by Crippen LogP contribution is -2.47. The van der Waals surface area contributed by atoms with Crippen LogP contribution in [0.4, 0.5) is 0 Å². The summed E-state index contributed by atoms with van der Waals surface area (Å²) in [5, 5.41) is 0. The predicted octanol–water partition coefficient (Wildman–Crippen LogP) is 2.67. The van der Waals surface area contributed by atoms with Crippen LogP contribution < -0.4 is 5.46 Å². The first-order valence-electron chi connectivity index (χ1n) is 8.22. The van der Waals surface area contributed by atoms with Crippen LogP contribution in [0.5, 0.6) is 0 Å². The van der Waals surface area contributed by atoms with Gasteiger partial charge in [0.05, 0.1) is 13.2 Å². The van der Waals surface area contributed by atoms with Gasteiger partial charge < -0.3 is 18.8 Å². The van der Waals surface area contributed by atoms with Crippen molar-refractivity contribution in [1.82, 2.24) is 0 Å². The van der Waals surface area contributed by atoms with E-state index >= 15 is 0 Å². The molecule has 23 heavy (non-hydrogen) atoms. The van der Waals surface area contributed by atoms with Gasteiger partial charge in [-0.05, 0) is 11.9 Å². The van der Waals surface area contributed by atoms with Gasteiger partial charge in [-0.25, -0.2) is 0 Å². The highest BCUT2D eigenvalue weighted by molar-refractivity contribution is 6.61. The lowest BCUT2D eigenvalue weighted by atomic mass is 9.75. The molecule has 3 rings (SSSR count). The second-order valence-corrected chi connectivity index (χ2v) is 7.36. The van der Waals surface area contributed by atoms with Crippen LogP contribution in [0.2, 0.25) is 0 Å². The number of alkyl halides is 1. The van der Waals surface area contributed by atoms with E-state index < -0.39 is 5.79 Å². The maximum atomic E-state index is 5.94. The van der Waals surface area contributed by atoms with E-state index in [0.29, 0.717) is 32.3 Å². The van der Waals surface area contributed by atoms with Crippen LogP contribution in [0.1, 0.15) is 32.3 Å². The largest absolute Gasteiger partial charge is 0.493 e. The van der Waals surface area contributed by atoms with E-state index in [-0.39, 0.29) is 12.5 Å². The monoisotopic (exact) mass is 338 g/mol. The zero-order chi connectivity index (χ0) is 16.3. The van der Waals surface area contributed by atoms with Crippen LogP contribution in [-0.4, -0.2) is 39.4 Å². The minimum absolute atomic E-state index is 0.0629. The van der Waals surface area contributed by atoms with Crippen LogP contribution in [-0.2, 0) is 24.6 Å². The van der Waals surface area contributed by atoms with E-state index in [0.717, 1.165) is 23.9 Å². The van der Waals surface area contributed by atoms with Crippen molar-refractivity contribution in [2.45, 2.75) is 32.5 Å². The standard InChI is InChI=1S/C17H24BClO4/c1-16(2)12-22-18(23-13-16)15-6-3-5-14(11-15)17(7-4-8-19)20-9-10-21-17/h3,5-6,11H,4,7-10,12-13H2,1-2H3. The molecule has 2 aliphatic rings. The third-order valence-corrected chi connectivity index (χ3v) is 4.51. The summed E-state index contributed by atoms with van der Waals surface area (Å²) in [6, 6.07) is 8.14. The number of ether oxygens (including phenoxy) is 2. The Morgan fingerprint density at radius 3 is 2.48 bits per heavy atom. The van der Waals surface area contributed by atoms with Crippen molar-refractivity contribution in [3.8, 4) is 0 Å². The molecular weight excluding hydrogens is 314 g/mol. The van der Waals surface area contributed by atoms with Gasteiger partial charge in [0.1, 0.15) is 0 Å². The van der Waals surface area contributed by atoms with Crippen LogP contribution in [0.25, 0.3) is 0 Å². The van der Waals surface area contributed by atoms with Crippen LogP contribution in [0.15, 0.2) is 24.3 Å². The Hall–Kier alpha value is -0.585. The fraction of sp³-hybridized carbons (Fsp3) is 0.647. The molecule has 1 aromatic carbocycles. The first kappa shape index (κ1) is 17.2. The molecule has 0 radical (unpaired) electrons. The lowest BCUT2D eigenvalue weighted by Gasteiger charge is -2.33. The molecule has 0 N–H and O–H groups in total. The normalized spacial score (nSPS) is 23.2. The summed E-state index contributed by atoms with van der Waals surface area (Å²) in [4.78, 5) is 0. The zero-order valence-electron chi connectivity index (χ0n) is 13.8. The summed E-state index contributed by atoms with van der Waals surface area (Å²) >= 11 is 5.86. The fourth-order valence-corrected chi connectivity index (χ4v) is 3.15. The Bertz CT molecular complexity index is 521. The molecule has 2 heterocycles. The Labute approximate surface area is 143 Å². The van der Waals surface area contributed by atoms with Gasteiger partial charge in [0, 0.05) is 36.5 Å². The van der Waals surface area contributed by atoms with Crippen LogP contribution in [0.3, 0.4) is 0 Å². The molecule has 2 fully saturated rings. The quantitative estimate of drug-likeness (QED) is 0.611. The van der Waals surface area contributed by atoms with Crippen molar-refractivity contribution >= 4 is 24.2 Å². The van der Waals surface area contributed by atoms with Gasteiger partial charge in [-0.3, -0.25) is 0 Å². The van der Waals surface area contributed by atoms with Gasteiger partial charge in [-0.1, -0.05) is 38.1 Å². The van der Waals surface area contributed by atoms with Gasteiger partial charge in [0.25, 0.3) is 0 Å². The molecule has 0 aliphatic carbocycles. The van der Waals surface area contributed by atoms with Crippen molar-refractivity contribution in [2.75, 3.05) is 32.3 Å². The fourth-order valence-electron chi connectivity index (χ4n) is 3.02. The summed E-state index contributed by atoms with van der Waals surface area (Å²) in [5.74, 6) is -0.0864. The molecule has 0 spiro atoms. The van der Waals surface area contributed by atoms with E-state index in [1.54, 1.807) is 0 Å². The van der Waals surface area contributed by atoms with E-state index in [2.05, 4.69) is 19.9 Å². The Kier molecular flexibility index (Phi) is 5.34. The molecule has 4 nitrogen and oxygen atoms in total. The van der Waals surface area contributed by atoms with Gasteiger partial charge >= 0.3 is 7.12 Å². The Morgan fingerprint density at radius 1 is 1.13 bits per heavy atom. The molecule has 1 aromatic rings. The van der Waals surface area contributed by atoms with Gasteiger partial charge in [0.15, 0.2) is 5.79 Å². The van der Waals surface area contributed by atoms with E-state index in [4.69, 9.17) is 30.4 Å². The second kappa shape index (κ2) is 7.12. The zero-order valence-corrected chi connectivity index (χ0v) is 14.6. The number of benzene rings is 1. The van der Waals surface area contributed by atoms with E-state index in [1.165, 1.54) is 0 Å². The smallest absolute Gasteiger partial charge is 0.407 e. The minimum Gasteiger partial charge on any atom is -0.407 e. The molecule has 0 unspecified atom stereocenters. The van der Waals surface area contributed by atoms with Crippen LogP contribution >= 0.6 is 11.6 Å². The first-order valence-corrected chi connectivity index (χ1v) is 8.76. The average Bonchev–Trinajstić information content (AvgIpc) is 3.03. The second-order valence-electron chi connectivity index (χ2n) is 6.99. The third-order valence-electron chi connectivity index (χ3n) is 4.24. The molecule has 2 saturated heterocycles. The van der Waals surface area contributed by atoms with Gasteiger partial charge in [0.2, 0.25) is 0 Å². The van der Waals surface area contributed by atoms with Crippen molar-refractivity contribution in [3.63, 3.8) is 0 Å². The third kappa shape index (κ3) is 3.91. The molecule has 0 bridgehead atoms. The summed E-state index contributed by atoms with van der Waals surface area (Å²) in [7, 11) is -0.325. The Balaban J connectivity index is 1.79. The highest BCUT2D eigenvalue weighted by Gasteiger charge is 2.39. The molecule has 0 saturated carbocycles. The first-order chi connectivity index (χ1) is 11.0. The summed E-state index contributed by atoms with van der Waals surface area (Å²) in [5.41, 5.74) is 2.07. The van der Waals surface area contributed by atoms with Gasteiger partial charge in [-0.15, -0.1) is 11.6 Å². The lowest BCUT2D eigenvalue weighted by molar-refractivity contribution is -0.170. The van der Waals surface area contributed by atoms with Crippen molar-refractivity contribution in [3.05, 3.63) is 29.8 Å². The molecule has 0 aromatic heterocycles. The molecule has 2 aliphatic heterocycles. The van der Waals surface area contributed by atoms with Crippen LogP contribution in [0, 0.1) is 5.41 Å². The van der Waals surface area contributed by atoms with Gasteiger partial charge in [-0.2, -0.15) is 0 Å². The number of hydrogen-bond donors (Lipinski definition) is 0. The number of halogens is 1. The van der Waals surface area contributed by atoms with Crippen molar-refractivity contribution in [2.24, 2.45) is 5.41 Å². The molecule has 6 heteroatoms. The molecule has 0 atom stereocenters. The van der Waals surface area contributed by atoms with E-state index in [1.807, 2.05) is 18.2 Å². The SMILES string of the molecule is CC1(C)COB(c2cccc(C3(CCCCl)OCCO3)c2)OC1. The number of hydrogen-bond acceptors (Lipinski definition) is 4. The predicted molar refractivity (Wildman–Crippen MR) is 91.1 cm³/mol. The topological polar surface area (TPSA) is 36.9 Å². The minimum atomic E-state index is -0.682. The average molecular weight is 339 g/mol. The summed E-state index contributed by atoms with van der Waals surface area (Å²) in [6.45, 7) is 6.87. The molecule has 0 amide bonds. The van der Waals surface area contributed by atoms with Crippen molar-refractivity contribution in [1.29, 1.82) is 0 Å². The number of rotatable bonds is 5. The maximum absolute atomic E-state index is 5.94. The Morgan fingerprint density at radius 2 is 1.83 bits per heavy atom. The highest BCUT2D eigenvalue weighted by Crippen LogP contribution is 2.35.